The maximum absolute atomic E-state index is 12.8. The van der Waals surface area contributed by atoms with E-state index in [1.54, 1.807) is 47.1 Å². The summed E-state index contributed by atoms with van der Waals surface area (Å²) >= 11 is 7.26. The van der Waals surface area contributed by atoms with Crippen LogP contribution in [-0.2, 0) is 9.53 Å². The number of hydrogen-bond acceptors (Lipinski definition) is 6. The van der Waals surface area contributed by atoms with Gasteiger partial charge in [0.1, 0.15) is 21.2 Å². The highest BCUT2D eigenvalue weighted by Crippen LogP contribution is 2.31. The molecule has 37 heavy (non-hydrogen) atoms. The lowest BCUT2D eigenvalue weighted by Gasteiger charge is -2.13. The molecule has 1 unspecified atom stereocenters. The van der Waals surface area contributed by atoms with Crippen molar-refractivity contribution >= 4 is 50.7 Å². The van der Waals surface area contributed by atoms with Gasteiger partial charge in [-0.3, -0.25) is 4.79 Å². The predicted molar refractivity (Wildman–Crippen MR) is 145 cm³/mol. The van der Waals surface area contributed by atoms with Gasteiger partial charge in [-0.15, -0.1) is 11.3 Å². The highest BCUT2D eigenvalue weighted by molar-refractivity contribution is 7.20. The molecular formula is C28H22ClN3O4S. The summed E-state index contributed by atoms with van der Waals surface area (Å²) in [4.78, 5) is 26.7. The van der Waals surface area contributed by atoms with Crippen molar-refractivity contribution in [2.45, 2.75) is 20.0 Å². The number of aryl methyl sites for hydroxylation is 1. The van der Waals surface area contributed by atoms with Gasteiger partial charge in [0.25, 0.3) is 5.91 Å². The van der Waals surface area contributed by atoms with Gasteiger partial charge in [0.2, 0.25) is 0 Å². The minimum Gasteiger partial charge on any atom is -0.457 e. The fourth-order valence-electron chi connectivity index (χ4n) is 3.65. The molecule has 0 saturated carbocycles. The Morgan fingerprint density at radius 3 is 2.35 bits per heavy atom. The van der Waals surface area contributed by atoms with Crippen LogP contribution >= 0.6 is 22.9 Å². The average Bonchev–Trinajstić information content (AvgIpc) is 3.47. The standard InChI is InChI=1S/C28H22ClN3O4S/c1-17-24-16-25(37-27(24)32(31-17)21-12-8-19(29)9-13-21)28(34)35-18(2)26(33)30-20-10-14-23(15-11-20)36-22-6-4-3-5-7-22/h3-16,18H,1-2H3,(H,30,33). The first-order valence-electron chi connectivity index (χ1n) is 11.5. The van der Waals surface area contributed by atoms with Crippen molar-refractivity contribution in [1.29, 1.82) is 0 Å². The quantitative estimate of drug-likeness (QED) is 0.228. The molecule has 7 nitrogen and oxygen atoms in total. The van der Waals surface area contributed by atoms with Crippen LogP contribution < -0.4 is 10.1 Å². The van der Waals surface area contributed by atoms with Gasteiger partial charge in [0, 0.05) is 16.1 Å². The summed E-state index contributed by atoms with van der Waals surface area (Å²) in [7, 11) is 0. The van der Waals surface area contributed by atoms with Gasteiger partial charge in [-0.05, 0) is 80.6 Å². The first-order valence-corrected chi connectivity index (χ1v) is 12.7. The zero-order valence-electron chi connectivity index (χ0n) is 20.0. The number of amides is 1. The Balaban J connectivity index is 1.23. The fraction of sp³-hybridized carbons (Fsp3) is 0.107. The number of ether oxygens (including phenoxy) is 2. The molecule has 0 spiro atoms. The summed E-state index contributed by atoms with van der Waals surface area (Å²) in [5.74, 6) is 0.352. The average molecular weight is 532 g/mol. The molecule has 2 heterocycles. The van der Waals surface area contributed by atoms with Gasteiger partial charge >= 0.3 is 5.97 Å². The van der Waals surface area contributed by atoms with E-state index in [9.17, 15) is 9.59 Å². The summed E-state index contributed by atoms with van der Waals surface area (Å²) in [6.45, 7) is 3.41. The molecule has 0 aliphatic rings. The first-order chi connectivity index (χ1) is 17.9. The van der Waals surface area contributed by atoms with Crippen molar-refractivity contribution in [3.63, 3.8) is 0 Å². The number of aromatic nitrogens is 2. The van der Waals surface area contributed by atoms with Gasteiger partial charge < -0.3 is 14.8 Å². The molecule has 3 aromatic carbocycles. The van der Waals surface area contributed by atoms with Gasteiger partial charge in [-0.2, -0.15) is 5.10 Å². The Morgan fingerprint density at radius 1 is 0.973 bits per heavy atom. The highest BCUT2D eigenvalue weighted by atomic mass is 35.5. The largest absolute Gasteiger partial charge is 0.457 e. The summed E-state index contributed by atoms with van der Waals surface area (Å²) in [5.41, 5.74) is 2.18. The van der Waals surface area contributed by atoms with Crippen LogP contribution in [0.5, 0.6) is 11.5 Å². The molecule has 0 aliphatic carbocycles. The van der Waals surface area contributed by atoms with Crippen LogP contribution in [0.2, 0.25) is 5.02 Å². The van der Waals surface area contributed by atoms with Crippen LogP contribution in [0.15, 0.2) is 84.9 Å². The Bertz CT molecular complexity index is 1560. The number of nitrogens with zero attached hydrogens (tertiary/aromatic N) is 2. The van der Waals surface area contributed by atoms with Gasteiger partial charge in [-0.25, -0.2) is 9.48 Å². The summed E-state index contributed by atoms with van der Waals surface area (Å²) in [6.07, 6.45) is -0.994. The number of rotatable bonds is 7. The molecule has 0 saturated heterocycles. The molecule has 0 radical (unpaired) electrons. The molecular weight excluding hydrogens is 510 g/mol. The molecule has 5 aromatic rings. The highest BCUT2D eigenvalue weighted by Gasteiger charge is 2.23. The van der Waals surface area contributed by atoms with E-state index in [-0.39, 0.29) is 0 Å². The Kier molecular flexibility index (Phi) is 6.94. The first kappa shape index (κ1) is 24.5. The number of benzene rings is 3. The maximum atomic E-state index is 12.8. The van der Waals surface area contributed by atoms with E-state index in [0.717, 1.165) is 27.3 Å². The van der Waals surface area contributed by atoms with Crippen LogP contribution in [0.4, 0.5) is 5.69 Å². The number of halogens is 1. The third-order valence-electron chi connectivity index (χ3n) is 5.57. The number of hydrogen-bond donors (Lipinski definition) is 1. The van der Waals surface area contributed by atoms with Crippen molar-refractivity contribution in [3.05, 3.63) is 101 Å². The van der Waals surface area contributed by atoms with Crippen LogP contribution in [0, 0.1) is 6.92 Å². The molecule has 0 fully saturated rings. The second-order valence-corrected chi connectivity index (χ2v) is 9.75. The van der Waals surface area contributed by atoms with Gasteiger partial charge in [0.15, 0.2) is 6.10 Å². The summed E-state index contributed by atoms with van der Waals surface area (Å²) < 4.78 is 13.0. The minimum atomic E-state index is -0.994. The third kappa shape index (κ3) is 5.50. The zero-order chi connectivity index (χ0) is 25.9. The van der Waals surface area contributed by atoms with Crippen molar-refractivity contribution < 1.29 is 19.1 Å². The second-order valence-electron chi connectivity index (χ2n) is 8.28. The Hall–Kier alpha value is -4.14. The number of para-hydroxylation sites is 1. The topological polar surface area (TPSA) is 82.5 Å². The summed E-state index contributed by atoms with van der Waals surface area (Å²) in [6, 6.07) is 25.4. The number of fused-ring (bicyclic) bond motifs is 1. The molecule has 0 bridgehead atoms. The number of anilines is 1. The number of esters is 1. The van der Waals surface area contributed by atoms with E-state index in [1.165, 1.54) is 18.3 Å². The van der Waals surface area contributed by atoms with Crippen molar-refractivity contribution in [1.82, 2.24) is 9.78 Å². The van der Waals surface area contributed by atoms with E-state index >= 15 is 0 Å². The Labute approximate surface area is 222 Å². The molecule has 186 valence electrons. The lowest BCUT2D eigenvalue weighted by atomic mass is 10.2. The monoisotopic (exact) mass is 531 g/mol. The number of thiophene rings is 1. The zero-order valence-corrected chi connectivity index (χ0v) is 21.5. The molecule has 9 heteroatoms. The lowest BCUT2D eigenvalue weighted by molar-refractivity contribution is -0.123. The van der Waals surface area contributed by atoms with Crippen molar-refractivity contribution in [3.8, 4) is 17.2 Å². The fourth-order valence-corrected chi connectivity index (χ4v) is 4.84. The van der Waals surface area contributed by atoms with Gasteiger partial charge in [0.05, 0.1) is 11.4 Å². The molecule has 5 rings (SSSR count). The van der Waals surface area contributed by atoms with E-state index in [2.05, 4.69) is 10.4 Å². The van der Waals surface area contributed by atoms with Crippen LogP contribution in [0.25, 0.3) is 15.9 Å². The van der Waals surface area contributed by atoms with Crippen LogP contribution in [0.1, 0.15) is 22.3 Å². The number of nitrogens with one attached hydrogen (secondary N) is 1. The molecule has 1 atom stereocenters. The van der Waals surface area contributed by atoms with Crippen LogP contribution in [-0.4, -0.2) is 27.8 Å². The molecule has 1 amide bonds. The number of carbonyl (C=O) groups excluding carboxylic acids is 2. The van der Waals surface area contributed by atoms with Crippen molar-refractivity contribution in [2.75, 3.05) is 5.32 Å². The third-order valence-corrected chi connectivity index (χ3v) is 6.91. The van der Waals surface area contributed by atoms with Crippen molar-refractivity contribution in [2.24, 2.45) is 0 Å². The second kappa shape index (κ2) is 10.5. The van der Waals surface area contributed by atoms with Crippen LogP contribution in [0.3, 0.4) is 0 Å². The minimum absolute atomic E-state index is 0.389. The molecule has 0 aliphatic heterocycles. The molecule has 1 N–H and O–H groups in total. The predicted octanol–water partition coefficient (Wildman–Crippen LogP) is 7.03. The number of carbonyl (C=O) groups is 2. The lowest BCUT2D eigenvalue weighted by Crippen LogP contribution is -2.29. The smallest absolute Gasteiger partial charge is 0.349 e. The van der Waals surface area contributed by atoms with Gasteiger partial charge in [-0.1, -0.05) is 29.8 Å². The van der Waals surface area contributed by atoms with E-state index in [0.29, 0.717) is 21.3 Å². The van der Waals surface area contributed by atoms with E-state index in [4.69, 9.17) is 21.1 Å². The van der Waals surface area contributed by atoms with E-state index in [1.807, 2.05) is 49.4 Å². The molecule has 2 aromatic heterocycles. The Morgan fingerprint density at radius 2 is 1.65 bits per heavy atom. The summed E-state index contributed by atoms with van der Waals surface area (Å²) in [5, 5.41) is 8.81. The normalized spacial score (nSPS) is 11.8. The SMILES string of the molecule is Cc1nn(-c2ccc(Cl)cc2)c2sc(C(=O)OC(C)C(=O)Nc3ccc(Oc4ccccc4)cc3)cc12. The maximum Gasteiger partial charge on any atom is 0.349 e. The van der Waals surface area contributed by atoms with E-state index < -0.39 is 18.0 Å².